The van der Waals surface area contributed by atoms with Crippen molar-refractivity contribution in [1.82, 2.24) is 14.9 Å². The van der Waals surface area contributed by atoms with Crippen LogP contribution in [0.4, 0.5) is 5.69 Å². The van der Waals surface area contributed by atoms with Crippen LogP contribution in [0.3, 0.4) is 0 Å². The van der Waals surface area contributed by atoms with Crippen molar-refractivity contribution < 1.29 is 9.32 Å². The summed E-state index contributed by atoms with van der Waals surface area (Å²) >= 11 is 0. The second-order valence-electron chi connectivity index (χ2n) is 6.02. The molecule has 0 aliphatic heterocycles. The van der Waals surface area contributed by atoms with E-state index in [1.54, 1.807) is 13.8 Å². The molecule has 0 aliphatic carbocycles. The Morgan fingerprint density at radius 3 is 2.76 bits per heavy atom. The number of para-hydroxylation sites is 1. The zero-order chi connectivity index (χ0) is 18.1. The molecule has 0 atom stereocenters. The third kappa shape index (κ3) is 3.05. The molecule has 1 aromatic carbocycles. The molecule has 7 nitrogen and oxygen atoms in total. The Morgan fingerprint density at radius 2 is 2.04 bits per heavy atom. The average Bonchev–Trinajstić information content (AvgIpc) is 2.96. The minimum absolute atomic E-state index is 0.182. The van der Waals surface area contributed by atoms with Crippen molar-refractivity contribution in [2.24, 2.45) is 0 Å². The fourth-order valence-electron chi connectivity index (χ4n) is 2.97. The Kier molecular flexibility index (Phi) is 4.39. The topological polar surface area (TPSA) is 90.0 Å². The fraction of sp³-hybridized carbons (Fsp3) is 0.333. The number of nitrogens with one attached hydrogen (secondary N) is 1. The lowest BCUT2D eigenvalue weighted by Gasteiger charge is -2.13. The fourth-order valence-corrected chi connectivity index (χ4v) is 2.97. The number of rotatable bonds is 4. The molecule has 7 heteroatoms. The van der Waals surface area contributed by atoms with E-state index in [0.29, 0.717) is 16.8 Å². The highest BCUT2D eigenvalue weighted by molar-refractivity contribution is 5.92. The van der Waals surface area contributed by atoms with E-state index < -0.39 is 5.56 Å². The van der Waals surface area contributed by atoms with Gasteiger partial charge < -0.3 is 9.84 Å². The molecule has 1 N–H and O–H groups in total. The van der Waals surface area contributed by atoms with Gasteiger partial charge in [0.25, 0.3) is 5.56 Å². The quantitative estimate of drug-likeness (QED) is 0.788. The minimum atomic E-state index is -0.437. The highest BCUT2D eigenvalue weighted by Gasteiger charge is 2.17. The van der Waals surface area contributed by atoms with Gasteiger partial charge >= 0.3 is 0 Å². The summed E-state index contributed by atoms with van der Waals surface area (Å²) in [4.78, 5) is 24.9. The van der Waals surface area contributed by atoms with Gasteiger partial charge in [-0.05, 0) is 38.3 Å². The van der Waals surface area contributed by atoms with Gasteiger partial charge in [0, 0.05) is 5.69 Å². The van der Waals surface area contributed by atoms with Crippen molar-refractivity contribution in [2.75, 3.05) is 5.32 Å². The molecule has 130 valence electrons. The van der Waals surface area contributed by atoms with E-state index in [2.05, 4.69) is 15.6 Å². The van der Waals surface area contributed by atoms with Crippen LogP contribution in [-0.4, -0.2) is 20.8 Å². The minimum Gasteiger partial charge on any atom is -0.360 e. The first-order valence-electron chi connectivity index (χ1n) is 8.14. The molecular weight excluding hydrogens is 320 g/mol. The molecule has 0 fully saturated rings. The van der Waals surface area contributed by atoms with Crippen LogP contribution < -0.4 is 10.9 Å². The lowest BCUT2D eigenvalue weighted by Crippen LogP contribution is -2.30. The number of anilines is 1. The van der Waals surface area contributed by atoms with Crippen LogP contribution in [0.2, 0.25) is 0 Å². The second kappa shape index (κ2) is 6.51. The first-order valence-corrected chi connectivity index (χ1v) is 8.14. The lowest BCUT2D eigenvalue weighted by atomic mass is 10.1. The van der Waals surface area contributed by atoms with Gasteiger partial charge in [-0.2, -0.15) is 5.10 Å². The predicted octanol–water partition coefficient (Wildman–Crippen LogP) is 2.51. The molecule has 0 saturated heterocycles. The van der Waals surface area contributed by atoms with Crippen LogP contribution in [0.15, 0.2) is 27.5 Å². The van der Waals surface area contributed by atoms with Crippen molar-refractivity contribution >= 4 is 22.5 Å². The number of nitrogens with zero attached hydrogens (tertiary/aromatic N) is 3. The largest absolute Gasteiger partial charge is 0.360 e. The van der Waals surface area contributed by atoms with Crippen LogP contribution in [0, 0.1) is 20.8 Å². The summed E-state index contributed by atoms with van der Waals surface area (Å²) in [6, 6.07) is 5.87. The lowest BCUT2D eigenvalue weighted by molar-refractivity contribution is -0.117. The van der Waals surface area contributed by atoms with Crippen molar-refractivity contribution in [3.63, 3.8) is 0 Å². The van der Waals surface area contributed by atoms with Gasteiger partial charge in [-0.1, -0.05) is 30.3 Å². The first kappa shape index (κ1) is 16.9. The Hall–Kier alpha value is -2.96. The number of aromatic nitrogens is 3. The summed E-state index contributed by atoms with van der Waals surface area (Å²) in [5, 5.41) is 11.5. The molecule has 25 heavy (non-hydrogen) atoms. The van der Waals surface area contributed by atoms with Gasteiger partial charge in [-0.15, -0.1) is 0 Å². The van der Waals surface area contributed by atoms with E-state index in [0.717, 1.165) is 27.9 Å². The van der Waals surface area contributed by atoms with Crippen molar-refractivity contribution in [2.45, 2.75) is 40.7 Å². The van der Waals surface area contributed by atoms with Crippen molar-refractivity contribution in [3.8, 4) is 0 Å². The van der Waals surface area contributed by atoms with E-state index in [1.807, 2.05) is 32.0 Å². The summed E-state index contributed by atoms with van der Waals surface area (Å²) in [6.45, 7) is 7.27. The molecule has 2 aromatic heterocycles. The summed E-state index contributed by atoms with van der Waals surface area (Å²) in [5.41, 5.74) is 3.18. The van der Waals surface area contributed by atoms with Crippen molar-refractivity contribution in [3.05, 3.63) is 51.1 Å². The van der Waals surface area contributed by atoms with E-state index in [-0.39, 0.29) is 18.0 Å². The van der Waals surface area contributed by atoms with E-state index in [9.17, 15) is 9.59 Å². The Balaban J connectivity index is 1.91. The highest BCUT2D eigenvalue weighted by Crippen LogP contribution is 2.21. The standard InChI is InChI=1S/C18H20N4O3/c1-5-13-8-6-7-10(2)16(13)19-14(23)9-22-18(24)17-15(11(3)20-22)12(4)25-21-17/h6-8H,5,9H2,1-4H3,(H,19,23). The van der Waals surface area contributed by atoms with Gasteiger partial charge in [0.2, 0.25) is 5.91 Å². The molecule has 0 aliphatic rings. The number of aryl methyl sites for hydroxylation is 4. The van der Waals surface area contributed by atoms with Gasteiger partial charge in [-0.3, -0.25) is 9.59 Å². The summed E-state index contributed by atoms with van der Waals surface area (Å²) < 4.78 is 6.20. The highest BCUT2D eigenvalue weighted by atomic mass is 16.5. The molecule has 3 aromatic rings. The third-order valence-corrected chi connectivity index (χ3v) is 4.23. The summed E-state index contributed by atoms with van der Waals surface area (Å²) in [6.07, 6.45) is 0.804. The normalized spacial score (nSPS) is 11.0. The monoisotopic (exact) mass is 340 g/mol. The number of hydrogen-bond donors (Lipinski definition) is 1. The average molecular weight is 340 g/mol. The SMILES string of the molecule is CCc1cccc(C)c1NC(=O)Cn1nc(C)c2c(C)onc2c1=O. The van der Waals surface area contributed by atoms with Gasteiger partial charge in [0.05, 0.1) is 11.1 Å². The zero-order valence-corrected chi connectivity index (χ0v) is 14.7. The van der Waals surface area contributed by atoms with Crippen LogP contribution in [0.1, 0.15) is 29.5 Å². The number of benzene rings is 1. The van der Waals surface area contributed by atoms with E-state index in [4.69, 9.17) is 4.52 Å². The van der Waals surface area contributed by atoms with E-state index >= 15 is 0 Å². The molecule has 1 amide bonds. The van der Waals surface area contributed by atoms with Crippen LogP contribution >= 0.6 is 0 Å². The summed E-state index contributed by atoms with van der Waals surface area (Å²) in [7, 11) is 0. The predicted molar refractivity (Wildman–Crippen MR) is 94.7 cm³/mol. The van der Waals surface area contributed by atoms with Gasteiger partial charge in [0.15, 0.2) is 5.52 Å². The maximum absolute atomic E-state index is 12.5. The molecule has 0 unspecified atom stereocenters. The second-order valence-corrected chi connectivity index (χ2v) is 6.02. The Labute approximate surface area is 144 Å². The van der Waals surface area contributed by atoms with Gasteiger partial charge in [-0.25, -0.2) is 4.68 Å². The maximum atomic E-state index is 12.5. The number of fused-ring (bicyclic) bond motifs is 1. The molecule has 3 rings (SSSR count). The van der Waals surface area contributed by atoms with Crippen molar-refractivity contribution in [1.29, 1.82) is 0 Å². The van der Waals surface area contributed by atoms with Gasteiger partial charge in [0.1, 0.15) is 12.3 Å². The smallest absolute Gasteiger partial charge is 0.297 e. The Bertz CT molecular complexity index is 1020. The molecule has 0 saturated carbocycles. The Morgan fingerprint density at radius 1 is 1.28 bits per heavy atom. The number of carbonyl (C=O) groups excluding carboxylic acids is 1. The maximum Gasteiger partial charge on any atom is 0.297 e. The zero-order valence-electron chi connectivity index (χ0n) is 14.7. The number of carbonyl (C=O) groups is 1. The third-order valence-electron chi connectivity index (χ3n) is 4.23. The molecule has 2 heterocycles. The molecule has 0 spiro atoms. The van der Waals surface area contributed by atoms with Crippen LogP contribution in [-0.2, 0) is 17.8 Å². The molecular formula is C18H20N4O3. The van der Waals surface area contributed by atoms with Crippen LogP contribution in [0.5, 0.6) is 0 Å². The van der Waals surface area contributed by atoms with E-state index in [1.165, 1.54) is 0 Å². The number of hydrogen-bond acceptors (Lipinski definition) is 5. The molecule has 0 bridgehead atoms. The van der Waals surface area contributed by atoms with Crippen LogP contribution in [0.25, 0.3) is 10.9 Å². The summed E-state index contributed by atoms with van der Waals surface area (Å²) in [5.74, 6) is 0.235. The number of amides is 1. The first-order chi connectivity index (χ1) is 11.9. The molecule has 0 radical (unpaired) electrons.